The minimum absolute atomic E-state index is 0.0152. The highest BCUT2D eigenvalue weighted by atomic mass is 16.5. The lowest BCUT2D eigenvalue weighted by Gasteiger charge is -2.16. The van der Waals surface area contributed by atoms with Crippen LogP contribution in [0.5, 0.6) is 0 Å². The zero-order valence-corrected chi connectivity index (χ0v) is 11.8. The number of aromatic nitrogens is 1. The third kappa shape index (κ3) is 2.72. The molecule has 3 rings (SSSR count). The number of pyridine rings is 1. The molecule has 1 atom stereocenters. The molecule has 1 amide bonds. The molecule has 1 aliphatic heterocycles. The number of hydrogen-bond acceptors (Lipinski definition) is 4. The number of methoxy groups -OCH3 is 1. The van der Waals surface area contributed by atoms with E-state index in [2.05, 4.69) is 4.98 Å². The van der Waals surface area contributed by atoms with Gasteiger partial charge in [-0.1, -0.05) is 18.2 Å². The van der Waals surface area contributed by atoms with Crippen molar-refractivity contribution in [1.29, 1.82) is 0 Å². The molecule has 5 heteroatoms. The molecule has 108 valence electrons. The van der Waals surface area contributed by atoms with Gasteiger partial charge < -0.3 is 9.64 Å². The Balaban J connectivity index is 1.76. The van der Waals surface area contributed by atoms with Gasteiger partial charge in [0.15, 0.2) is 0 Å². The topological polar surface area (TPSA) is 59.5 Å². The van der Waals surface area contributed by atoms with E-state index in [9.17, 15) is 9.59 Å². The predicted octanol–water partition coefficient (Wildman–Crippen LogP) is 1.76. The summed E-state index contributed by atoms with van der Waals surface area (Å²) in [4.78, 5) is 29.6. The third-order valence-electron chi connectivity index (χ3n) is 3.77. The molecule has 1 aromatic carbocycles. The summed E-state index contributed by atoms with van der Waals surface area (Å²) in [6.45, 7) is 0.891. The average Bonchev–Trinajstić information content (AvgIpc) is 2.87. The molecule has 0 radical (unpaired) electrons. The minimum Gasteiger partial charge on any atom is -0.469 e. The van der Waals surface area contributed by atoms with Crippen LogP contribution in [0.15, 0.2) is 36.5 Å². The van der Waals surface area contributed by atoms with Crippen molar-refractivity contribution in [2.75, 3.05) is 13.7 Å². The number of esters is 1. The van der Waals surface area contributed by atoms with Crippen LogP contribution in [0.4, 0.5) is 0 Å². The maximum absolute atomic E-state index is 12.0. The largest absolute Gasteiger partial charge is 0.469 e. The predicted molar refractivity (Wildman–Crippen MR) is 77.3 cm³/mol. The Hall–Kier alpha value is -2.43. The molecular weight excluding hydrogens is 268 g/mol. The highest BCUT2D eigenvalue weighted by Crippen LogP contribution is 2.22. The lowest BCUT2D eigenvalue weighted by Crippen LogP contribution is -2.26. The molecule has 1 unspecified atom stereocenters. The van der Waals surface area contributed by atoms with Gasteiger partial charge in [-0.25, -0.2) is 0 Å². The third-order valence-corrected chi connectivity index (χ3v) is 3.77. The number of carbonyl (C=O) groups excluding carboxylic acids is 2. The van der Waals surface area contributed by atoms with Gasteiger partial charge in [-0.15, -0.1) is 0 Å². The molecule has 21 heavy (non-hydrogen) atoms. The highest BCUT2D eigenvalue weighted by Gasteiger charge is 2.34. The van der Waals surface area contributed by atoms with Gasteiger partial charge >= 0.3 is 5.97 Å². The summed E-state index contributed by atoms with van der Waals surface area (Å²) in [5.74, 6) is -0.683. The minimum atomic E-state index is -0.351. The summed E-state index contributed by atoms with van der Waals surface area (Å²) in [6, 6.07) is 9.88. The van der Waals surface area contributed by atoms with Gasteiger partial charge in [-0.2, -0.15) is 0 Å². The van der Waals surface area contributed by atoms with Gasteiger partial charge in [0, 0.05) is 31.1 Å². The molecule has 0 aliphatic carbocycles. The summed E-state index contributed by atoms with van der Waals surface area (Å²) in [5, 5.41) is 1.05. The smallest absolute Gasteiger partial charge is 0.310 e. The van der Waals surface area contributed by atoms with E-state index in [1.807, 2.05) is 30.3 Å². The van der Waals surface area contributed by atoms with Gasteiger partial charge in [-0.3, -0.25) is 14.6 Å². The van der Waals surface area contributed by atoms with Crippen molar-refractivity contribution in [1.82, 2.24) is 9.88 Å². The monoisotopic (exact) mass is 284 g/mol. The van der Waals surface area contributed by atoms with Gasteiger partial charge in [-0.05, 0) is 17.7 Å². The molecule has 0 saturated carbocycles. The Morgan fingerprint density at radius 1 is 1.43 bits per heavy atom. The first-order valence-corrected chi connectivity index (χ1v) is 6.86. The van der Waals surface area contributed by atoms with E-state index >= 15 is 0 Å². The lowest BCUT2D eigenvalue weighted by molar-refractivity contribution is -0.145. The van der Waals surface area contributed by atoms with Crippen molar-refractivity contribution in [3.63, 3.8) is 0 Å². The van der Waals surface area contributed by atoms with Crippen LogP contribution >= 0.6 is 0 Å². The Kier molecular flexibility index (Phi) is 3.56. The van der Waals surface area contributed by atoms with Crippen LogP contribution in [0.1, 0.15) is 12.0 Å². The SMILES string of the molecule is COC(=O)C1CC(=O)N(Cc2cnc3ccccc3c2)C1. The van der Waals surface area contributed by atoms with Crippen LogP contribution in [0, 0.1) is 5.92 Å². The van der Waals surface area contributed by atoms with Gasteiger partial charge in [0.25, 0.3) is 0 Å². The molecule has 5 nitrogen and oxygen atoms in total. The Morgan fingerprint density at radius 2 is 2.24 bits per heavy atom. The molecule has 0 N–H and O–H groups in total. The number of rotatable bonds is 3. The van der Waals surface area contributed by atoms with E-state index in [-0.39, 0.29) is 24.2 Å². The van der Waals surface area contributed by atoms with Crippen LogP contribution in [0.2, 0.25) is 0 Å². The second-order valence-corrected chi connectivity index (χ2v) is 5.23. The molecule has 2 aromatic rings. The molecule has 1 saturated heterocycles. The van der Waals surface area contributed by atoms with Gasteiger partial charge in [0.05, 0.1) is 18.5 Å². The fraction of sp³-hybridized carbons (Fsp3) is 0.312. The second-order valence-electron chi connectivity index (χ2n) is 5.23. The molecule has 1 aliphatic rings. The summed E-state index contributed by atoms with van der Waals surface area (Å²) in [7, 11) is 1.35. The number of para-hydroxylation sites is 1. The number of benzene rings is 1. The number of ether oxygens (including phenoxy) is 1. The maximum atomic E-state index is 12.0. The van der Waals surface area contributed by atoms with E-state index in [1.54, 1.807) is 11.1 Å². The Bertz CT molecular complexity index is 699. The zero-order chi connectivity index (χ0) is 14.8. The molecule has 0 bridgehead atoms. The highest BCUT2D eigenvalue weighted by molar-refractivity contribution is 5.87. The van der Waals surface area contributed by atoms with Crippen molar-refractivity contribution in [2.24, 2.45) is 5.92 Å². The standard InChI is InChI=1S/C16H16N2O3/c1-21-16(20)13-7-15(19)18(10-13)9-11-6-12-4-2-3-5-14(12)17-8-11/h2-6,8,13H,7,9-10H2,1H3. The Labute approximate surface area is 122 Å². The number of hydrogen-bond donors (Lipinski definition) is 0. The van der Waals surface area contributed by atoms with Crippen molar-refractivity contribution in [2.45, 2.75) is 13.0 Å². The zero-order valence-electron chi connectivity index (χ0n) is 11.8. The fourth-order valence-corrected chi connectivity index (χ4v) is 2.67. The summed E-state index contributed by atoms with van der Waals surface area (Å²) >= 11 is 0. The average molecular weight is 284 g/mol. The van der Waals surface area contributed by atoms with Gasteiger partial charge in [0.2, 0.25) is 5.91 Å². The number of nitrogens with zero attached hydrogens (tertiary/aromatic N) is 2. The van der Waals surface area contributed by atoms with Crippen molar-refractivity contribution in [3.8, 4) is 0 Å². The molecular formula is C16H16N2O3. The van der Waals surface area contributed by atoms with E-state index < -0.39 is 0 Å². The fourth-order valence-electron chi connectivity index (χ4n) is 2.67. The lowest BCUT2D eigenvalue weighted by atomic mass is 10.1. The second kappa shape index (κ2) is 5.52. The van der Waals surface area contributed by atoms with Crippen LogP contribution in [0.25, 0.3) is 10.9 Å². The van der Waals surface area contributed by atoms with Gasteiger partial charge in [0.1, 0.15) is 0 Å². The van der Waals surface area contributed by atoms with E-state index in [0.29, 0.717) is 13.1 Å². The van der Waals surface area contributed by atoms with Crippen molar-refractivity contribution >= 4 is 22.8 Å². The van der Waals surface area contributed by atoms with E-state index in [1.165, 1.54) is 7.11 Å². The van der Waals surface area contributed by atoms with Crippen LogP contribution < -0.4 is 0 Å². The Morgan fingerprint density at radius 3 is 3.05 bits per heavy atom. The first-order chi connectivity index (χ1) is 10.2. The summed E-state index contributed by atoms with van der Waals surface area (Å²) in [5.41, 5.74) is 1.90. The summed E-state index contributed by atoms with van der Waals surface area (Å²) in [6.07, 6.45) is 2.01. The van der Waals surface area contributed by atoms with E-state index in [4.69, 9.17) is 4.74 Å². The number of likely N-dealkylation sites (tertiary alicyclic amines) is 1. The van der Waals surface area contributed by atoms with Crippen molar-refractivity contribution < 1.29 is 14.3 Å². The van der Waals surface area contributed by atoms with Crippen LogP contribution in [0.3, 0.4) is 0 Å². The number of fused-ring (bicyclic) bond motifs is 1. The molecule has 0 spiro atoms. The molecule has 1 aromatic heterocycles. The summed E-state index contributed by atoms with van der Waals surface area (Å²) < 4.78 is 4.71. The number of amides is 1. The van der Waals surface area contributed by atoms with E-state index in [0.717, 1.165) is 16.5 Å². The quantitative estimate of drug-likeness (QED) is 0.806. The van der Waals surface area contributed by atoms with Crippen LogP contribution in [-0.4, -0.2) is 35.4 Å². The first kappa shape index (κ1) is 13.5. The van der Waals surface area contributed by atoms with Crippen molar-refractivity contribution in [3.05, 3.63) is 42.1 Å². The van der Waals surface area contributed by atoms with Crippen LogP contribution in [-0.2, 0) is 20.9 Å². The maximum Gasteiger partial charge on any atom is 0.310 e. The normalized spacial score (nSPS) is 18.2. The number of carbonyl (C=O) groups is 2. The molecule has 1 fully saturated rings. The first-order valence-electron chi connectivity index (χ1n) is 6.86. The molecule has 2 heterocycles.